The van der Waals surface area contributed by atoms with Crippen LogP contribution in [0.2, 0.25) is 0 Å². The zero-order valence-corrected chi connectivity index (χ0v) is 72.3. The molecule has 1 aromatic carbocycles. The maximum atomic E-state index is 14.3. The number of aromatic amines is 2. The lowest BCUT2D eigenvalue weighted by Gasteiger charge is -2.29. The fourth-order valence-corrected chi connectivity index (χ4v) is 12.2. The van der Waals surface area contributed by atoms with Gasteiger partial charge < -0.3 is 128 Å². The summed E-state index contributed by atoms with van der Waals surface area (Å²) in [6, 6.07) is -14.0. The Hall–Kier alpha value is -12.7. The second-order valence-corrected chi connectivity index (χ2v) is 32.2. The van der Waals surface area contributed by atoms with Crippen molar-refractivity contribution in [3.8, 4) is 5.75 Å². The number of primary amides is 2. The first-order chi connectivity index (χ1) is 58.1. The van der Waals surface area contributed by atoms with Crippen molar-refractivity contribution >= 4 is 112 Å². The number of carbonyl (C=O) groups excluding carboxylic acids is 18. The summed E-state index contributed by atoms with van der Waals surface area (Å²) < 4.78 is 0. The van der Waals surface area contributed by atoms with E-state index in [1.54, 1.807) is 69.2 Å². The summed E-state index contributed by atoms with van der Waals surface area (Å²) in [7, 11) is 0. The number of nitrogens with zero attached hydrogens (tertiary/aromatic N) is 2. The number of phenols is 1. The molecule has 18 amide bonds. The molecule has 0 spiro atoms. The summed E-state index contributed by atoms with van der Waals surface area (Å²) >= 11 is 0. The SMILES string of the molecule is CC[C@H](C)[C@H](NC(=O)CNC(=O)[C@H](C)NC(=O)[C@@H](C)NC(=O)[C@H](Cc1cnc[nH]1)NC(=O)[C@H](CC(N)=O)NC(=O)CNC(=O)[C@H](C)NC(=O)CNC(=O)[C@H](Cc1cnc[nH]1)NC(=O)[C@H](CC(C)C)NC(=O)[C@H](CC(C)C)NC(=O)[C@H](CCC(=O)O)NC(=O)[C@@H](N)Cc1ccc(O)cc1)C(=O)N[C@@H](CC(C)C)C(=O)N[C@H](C(=O)N[C@@H](CC(C)C)C(N)=O)[C@@H](C)O. The van der Waals surface area contributed by atoms with E-state index in [4.69, 9.17) is 17.2 Å². The number of rotatable bonds is 55. The van der Waals surface area contributed by atoms with Gasteiger partial charge in [0.05, 0.1) is 50.9 Å². The van der Waals surface area contributed by atoms with Gasteiger partial charge in [-0.15, -0.1) is 0 Å². The van der Waals surface area contributed by atoms with Gasteiger partial charge in [0.1, 0.15) is 84.3 Å². The van der Waals surface area contributed by atoms with E-state index >= 15 is 0 Å². The predicted molar refractivity (Wildman–Crippen MR) is 444 cm³/mol. The smallest absolute Gasteiger partial charge is 0.303 e. The molecule has 0 radical (unpaired) electrons. The molecule has 3 rings (SSSR count). The van der Waals surface area contributed by atoms with Crippen LogP contribution in [0.1, 0.15) is 165 Å². The molecule has 0 aliphatic carbocycles. The highest BCUT2D eigenvalue weighted by Gasteiger charge is 2.39. The van der Waals surface area contributed by atoms with Crippen LogP contribution >= 0.6 is 0 Å². The molecule has 0 bridgehead atoms. The molecule has 2 heterocycles. The molecule has 124 heavy (non-hydrogen) atoms. The number of carboxylic acids is 1. The van der Waals surface area contributed by atoms with Crippen molar-refractivity contribution in [2.45, 2.75) is 258 Å². The van der Waals surface area contributed by atoms with E-state index in [0.29, 0.717) is 17.7 Å². The zero-order valence-electron chi connectivity index (χ0n) is 72.3. The number of aromatic hydroxyl groups is 1. The van der Waals surface area contributed by atoms with E-state index in [2.05, 4.69) is 105 Å². The van der Waals surface area contributed by atoms with E-state index in [-0.39, 0.29) is 80.1 Å². The summed E-state index contributed by atoms with van der Waals surface area (Å²) in [5, 5.41) is 68.9. The monoisotopic (exact) mass is 1750 g/mol. The lowest BCUT2D eigenvalue weighted by atomic mass is 9.96. The molecule has 0 aliphatic heterocycles. The predicted octanol–water partition coefficient (Wildman–Crippen LogP) is -6.26. The summed E-state index contributed by atoms with van der Waals surface area (Å²) in [5.41, 5.74) is 18.3. The lowest BCUT2D eigenvalue weighted by Crippen LogP contribution is -2.61. The molecule has 27 N–H and O–H groups in total. The van der Waals surface area contributed by atoms with Crippen LogP contribution < -0.4 is 102 Å². The summed E-state index contributed by atoms with van der Waals surface area (Å²) in [6.45, 7) is 20.0. The van der Waals surface area contributed by atoms with E-state index in [9.17, 15) is 106 Å². The Kier molecular flexibility index (Phi) is 44.7. The zero-order chi connectivity index (χ0) is 93.5. The van der Waals surface area contributed by atoms with Gasteiger partial charge in [0.25, 0.3) is 0 Å². The summed E-state index contributed by atoms with van der Waals surface area (Å²) in [6.07, 6.45) is 1.84. The average Bonchev–Trinajstić information content (AvgIpc) is 1.27. The van der Waals surface area contributed by atoms with Crippen molar-refractivity contribution in [1.29, 1.82) is 0 Å². The molecule has 0 saturated carbocycles. The number of nitrogens with one attached hydrogen (secondary N) is 18. The molecule has 3 aromatic rings. The molecule has 688 valence electrons. The number of carboxylic acid groups (broad SMARTS) is 1. The van der Waals surface area contributed by atoms with Gasteiger partial charge in [-0.1, -0.05) is 87.8 Å². The van der Waals surface area contributed by atoms with Crippen molar-refractivity contribution < 1.29 is 106 Å². The fraction of sp³-hybridized carbons (Fsp3) is 0.608. The van der Waals surface area contributed by atoms with Crippen LogP contribution in [0.3, 0.4) is 0 Å². The average molecular weight is 1750 g/mol. The minimum atomic E-state index is -1.81. The summed E-state index contributed by atoms with van der Waals surface area (Å²) in [5.74, 6) is -19.5. The van der Waals surface area contributed by atoms with Gasteiger partial charge in [-0.05, 0) is 114 Å². The Balaban J connectivity index is 1.65. The van der Waals surface area contributed by atoms with Gasteiger partial charge in [0.2, 0.25) is 106 Å². The van der Waals surface area contributed by atoms with E-state index in [1.807, 2.05) is 0 Å². The molecule has 45 heteroatoms. The number of aliphatic hydroxyl groups is 1. The molecule has 0 aliphatic rings. The fourth-order valence-electron chi connectivity index (χ4n) is 12.2. The molecule has 16 atom stereocenters. The number of imidazole rings is 2. The number of aromatic nitrogens is 4. The molecule has 45 nitrogen and oxygen atoms in total. The number of nitrogens with two attached hydrogens (primary N) is 3. The first-order valence-electron chi connectivity index (χ1n) is 40.8. The topological polar surface area (TPSA) is 713 Å². The van der Waals surface area contributed by atoms with Gasteiger partial charge in [-0.25, -0.2) is 9.97 Å². The minimum Gasteiger partial charge on any atom is -0.508 e. The van der Waals surface area contributed by atoms with Crippen molar-refractivity contribution in [3.05, 3.63) is 66.3 Å². The molecule has 0 fully saturated rings. The Bertz CT molecular complexity index is 4130. The maximum absolute atomic E-state index is 14.3. The van der Waals surface area contributed by atoms with E-state index in [0.717, 1.165) is 0 Å². The van der Waals surface area contributed by atoms with Crippen LogP contribution in [0.15, 0.2) is 49.3 Å². The van der Waals surface area contributed by atoms with Crippen molar-refractivity contribution in [2.75, 3.05) is 19.6 Å². The Morgan fingerprint density at radius 1 is 0.395 bits per heavy atom. The summed E-state index contributed by atoms with van der Waals surface area (Å²) in [4.78, 5) is 268. The number of amides is 18. The normalized spacial score (nSPS) is 15.1. The second-order valence-electron chi connectivity index (χ2n) is 32.2. The van der Waals surface area contributed by atoms with Crippen molar-refractivity contribution in [1.82, 2.24) is 105 Å². The largest absolute Gasteiger partial charge is 0.508 e. The molecule has 0 unspecified atom stereocenters. The first kappa shape index (κ1) is 105. The number of hydrogen-bond acceptors (Lipinski definition) is 24. The number of H-pyrrole nitrogens is 2. The third-order valence-corrected chi connectivity index (χ3v) is 19.1. The quantitative estimate of drug-likeness (QED) is 0.0250. The number of hydrogen-bond donors (Lipinski definition) is 24. The molecule has 0 saturated heterocycles. The van der Waals surface area contributed by atoms with Gasteiger partial charge in [-0.3, -0.25) is 91.1 Å². The standard InChI is InChI=1S/C79H125N23O22/c1-15-41(10)64(78(123)100-55(25-40(8)9)77(122)102-65(45(14)103)79(124)95-52(66(82)111)22-37(2)3)101-62(108)34-86-68(113)43(12)91-69(114)44(13)92-73(118)57(28-48-31-84-36-89-48)99-76(121)58(29-59(81)105)93-61(107)33-85-67(112)42(11)90-60(106)32-87-71(116)56(27-47-30-83-35-88-47)98-75(120)54(24-39(6)7)97-74(119)53(23-38(4)5)96-72(117)51(20-21-63(109)110)94-70(115)50(80)26-46-16-18-49(104)19-17-46/h16-19,30-31,35-45,50-58,64-65,103-104H,15,20-29,32-34,80H2,1-14H3,(H2,81,105)(H2,82,111)(H,83,88)(H,84,89)(H,85,112)(H,86,113)(H,87,116)(H,90,106)(H,91,114)(H,92,118)(H,93,107)(H,94,115)(H,95,124)(H,96,117)(H,97,119)(H,98,120)(H,99,121)(H,100,123)(H,101,108)(H,102,122)(H,109,110)/t41-,42-,43-,44+,45+,50-,51-,52-,53-,54-,55-,56-,57-,58-,64-,65-/m0/s1. The van der Waals surface area contributed by atoms with Gasteiger partial charge in [-0.2, -0.15) is 0 Å². The first-order valence-corrected chi connectivity index (χ1v) is 40.8. The highest BCUT2D eigenvalue weighted by Crippen LogP contribution is 2.17. The third kappa shape index (κ3) is 39.0. The molecular weight excluding hydrogens is 1620 g/mol. The van der Waals surface area contributed by atoms with Gasteiger partial charge in [0.15, 0.2) is 0 Å². The Morgan fingerprint density at radius 2 is 0.766 bits per heavy atom. The van der Waals surface area contributed by atoms with Crippen LogP contribution in [0, 0.1) is 29.6 Å². The number of phenolic OH excluding ortho intramolecular Hbond substituents is 1. The highest BCUT2D eigenvalue weighted by atomic mass is 16.4. The number of aliphatic carboxylic acids is 1. The highest BCUT2D eigenvalue weighted by molar-refractivity contribution is 6.01. The van der Waals surface area contributed by atoms with E-state index < -0.39 is 248 Å². The number of carbonyl (C=O) groups is 19. The van der Waals surface area contributed by atoms with Crippen LogP contribution in [-0.2, 0) is 110 Å². The maximum Gasteiger partial charge on any atom is 0.303 e. The van der Waals surface area contributed by atoms with Gasteiger partial charge in [0, 0.05) is 43.0 Å². The van der Waals surface area contributed by atoms with Crippen LogP contribution in [0.4, 0.5) is 0 Å². The van der Waals surface area contributed by atoms with Crippen molar-refractivity contribution in [3.63, 3.8) is 0 Å². The second kappa shape index (κ2) is 52.6. The van der Waals surface area contributed by atoms with Crippen LogP contribution in [0.5, 0.6) is 5.75 Å². The molecule has 2 aromatic heterocycles. The number of benzene rings is 1. The van der Waals surface area contributed by atoms with Crippen molar-refractivity contribution in [2.24, 2.45) is 46.8 Å². The van der Waals surface area contributed by atoms with Crippen LogP contribution in [0.25, 0.3) is 0 Å². The minimum absolute atomic E-state index is 0.00720. The van der Waals surface area contributed by atoms with Gasteiger partial charge >= 0.3 is 5.97 Å². The van der Waals surface area contributed by atoms with Crippen LogP contribution in [-0.4, -0.2) is 258 Å². The molecular formula is C79H125N23O22. The Morgan fingerprint density at radius 3 is 1.21 bits per heavy atom. The third-order valence-electron chi connectivity index (χ3n) is 19.1. The number of aliphatic hydroxyl groups excluding tert-OH is 1. The Labute approximate surface area is 717 Å². The lowest BCUT2D eigenvalue weighted by molar-refractivity contribution is -0.138. The van der Waals surface area contributed by atoms with E-state index in [1.165, 1.54) is 77.0 Å².